The lowest BCUT2D eigenvalue weighted by Crippen LogP contribution is -2.49. The zero-order chi connectivity index (χ0) is 32.3. The van der Waals surface area contributed by atoms with Gasteiger partial charge in [0.15, 0.2) is 5.13 Å². The molecule has 1 aromatic heterocycles. The third kappa shape index (κ3) is 7.90. The van der Waals surface area contributed by atoms with Crippen LogP contribution in [0.4, 0.5) is 34.5 Å². The largest absolute Gasteiger partial charge is 0.418 e. The molecule has 6 rings (SSSR count). The molecular formula is C33H41ClF3N7OS. The Bertz CT molecular complexity index is 1470. The highest BCUT2D eigenvalue weighted by Gasteiger charge is 2.35. The van der Waals surface area contributed by atoms with Crippen molar-refractivity contribution < 1.29 is 18.0 Å². The molecule has 46 heavy (non-hydrogen) atoms. The number of thiazole rings is 1. The van der Waals surface area contributed by atoms with Crippen molar-refractivity contribution >= 4 is 45.5 Å². The van der Waals surface area contributed by atoms with Gasteiger partial charge < -0.3 is 25.8 Å². The minimum atomic E-state index is -4.57. The maximum atomic E-state index is 13.8. The summed E-state index contributed by atoms with van der Waals surface area (Å²) in [5.74, 6) is 0.139. The van der Waals surface area contributed by atoms with Gasteiger partial charge in [-0.1, -0.05) is 29.8 Å². The van der Waals surface area contributed by atoms with Crippen LogP contribution in [0.5, 0.6) is 0 Å². The second kappa shape index (κ2) is 14.4. The van der Waals surface area contributed by atoms with Crippen LogP contribution < -0.4 is 16.0 Å². The molecule has 0 radical (unpaired) electrons. The number of anilines is 3. The van der Waals surface area contributed by atoms with Crippen LogP contribution in [0, 0.1) is 5.92 Å². The van der Waals surface area contributed by atoms with E-state index in [4.69, 9.17) is 17.3 Å². The second-order valence-corrected chi connectivity index (χ2v) is 13.9. The van der Waals surface area contributed by atoms with Gasteiger partial charge in [0.2, 0.25) is 0 Å². The van der Waals surface area contributed by atoms with Crippen LogP contribution in [0.3, 0.4) is 0 Å². The van der Waals surface area contributed by atoms with Gasteiger partial charge in [-0.15, -0.1) is 11.3 Å². The number of carbonyl (C=O) groups excluding carboxylic acids is 1. The van der Waals surface area contributed by atoms with Crippen LogP contribution in [-0.4, -0.2) is 90.7 Å². The molecule has 3 aliphatic rings. The number of nitrogens with two attached hydrogens (primary N) is 1. The number of urea groups is 1. The average Bonchev–Trinajstić information content (AvgIpc) is 3.52. The smallest absolute Gasteiger partial charge is 0.397 e. The van der Waals surface area contributed by atoms with Gasteiger partial charge in [-0.2, -0.15) is 13.2 Å². The summed E-state index contributed by atoms with van der Waals surface area (Å²) in [4.78, 5) is 26.6. The Morgan fingerprint density at radius 2 is 1.80 bits per heavy atom. The van der Waals surface area contributed by atoms with Crippen molar-refractivity contribution in [1.29, 1.82) is 0 Å². The SMILES string of the molecule is Nc1c(Cl)cc(C[C@@H](CCN2CCC(N3CCc4ccccc4NC3=O)CC2)CN2CCN(c3nccs3)CC2)cc1C(F)(F)F. The van der Waals surface area contributed by atoms with Crippen LogP contribution in [0.2, 0.25) is 5.02 Å². The van der Waals surface area contributed by atoms with E-state index in [2.05, 4.69) is 31.1 Å². The van der Waals surface area contributed by atoms with Crippen molar-refractivity contribution in [2.75, 3.05) is 74.9 Å². The zero-order valence-corrected chi connectivity index (χ0v) is 27.4. The number of nitrogens with zero attached hydrogens (tertiary/aromatic N) is 5. The van der Waals surface area contributed by atoms with Crippen molar-refractivity contribution in [3.8, 4) is 0 Å². The van der Waals surface area contributed by atoms with E-state index in [0.717, 1.165) is 94.4 Å². The zero-order valence-electron chi connectivity index (χ0n) is 25.8. The van der Waals surface area contributed by atoms with Gasteiger partial charge >= 0.3 is 12.2 Å². The monoisotopic (exact) mass is 675 g/mol. The number of benzene rings is 2. The molecule has 3 aromatic rings. The van der Waals surface area contributed by atoms with Gasteiger partial charge in [0, 0.05) is 75.7 Å². The molecule has 1 atom stereocenters. The second-order valence-electron chi connectivity index (χ2n) is 12.6. The highest BCUT2D eigenvalue weighted by atomic mass is 35.5. The van der Waals surface area contributed by atoms with Crippen LogP contribution in [0.15, 0.2) is 48.0 Å². The van der Waals surface area contributed by atoms with Crippen molar-refractivity contribution in [3.63, 3.8) is 0 Å². The molecule has 248 valence electrons. The number of carbonyl (C=O) groups is 1. The number of nitrogen functional groups attached to an aromatic ring is 1. The quantitative estimate of drug-likeness (QED) is 0.259. The lowest BCUT2D eigenvalue weighted by atomic mass is 9.93. The lowest BCUT2D eigenvalue weighted by Gasteiger charge is -2.39. The number of halogens is 4. The Kier molecular flexibility index (Phi) is 10.3. The fraction of sp³-hybridized carbons (Fsp3) is 0.515. The molecule has 2 aromatic carbocycles. The minimum absolute atomic E-state index is 0.0289. The highest BCUT2D eigenvalue weighted by molar-refractivity contribution is 7.13. The summed E-state index contributed by atoms with van der Waals surface area (Å²) in [5.41, 5.74) is 7.06. The van der Waals surface area contributed by atoms with Gasteiger partial charge in [-0.05, 0) is 73.9 Å². The van der Waals surface area contributed by atoms with Crippen LogP contribution >= 0.6 is 22.9 Å². The molecule has 0 bridgehead atoms. The van der Waals surface area contributed by atoms with Crippen molar-refractivity contribution in [2.45, 2.75) is 44.3 Å². The van der Waals surface area contributed by atoms with Gasteiger partial charge in [-0.3, -0.25) is 4.90 Å². The molecule has 3 N–H and O–H groups in total. The first-order valence-electron chi connectivity index (χ1n) is 16.0. The van der Waals surface area contributed by atoms with Crippen molar-refractivity contribution in [1.82, 2.24) is 19.7 Å². The molecule has 0 aliphatic carbocycles. The summed E-state index contributed by atoms with van der Waals surface area (Å²) in [5, 5.41) is 6.04. The maximum Gasteiger partial charge on any atom is 0.418 e. The van der Waals surface area contributed by atoms with Crippen molar-refractivity contribution in [2.24, 2.45) is 5.92 Å². The fourth-order valence-electron chi connectivity index (χ4n) is 7.03. The molecule has 0 spiro atoms. The van der Waals surface area contributed by atoms with Crippen molar-refractivity contribution in [3.05, 3.63) is 69.7 Å². The summed E-state index contributed by atoms with van der Waals surface area (Å²) in [7, 11) is 0. The number of likely N-dealkylation sites (tertiary alicyclic amines) is 1. The van der Waals surface area contributed by atoms with Crippen LogP contribution in [0.1, 0.15) is 36.0 Å². The average molecular weight is 676 g/mol. The van der Waals surface area contributed by atoms with E-state index in [1.807, 2.05) is 34.7 Å². The highest BCUT2D eigenvalue weighted by Crippen LogP contribution is 2.38. The molecule has 0 unspecified atom stereocenters. The number of piperazine rings is 1. The molecule has 4 heterocycles. The summed E-state index contributed by atoms with van der Waals surface area (Å²) in [6, 6.07) is 10.9. The number of piperidine rings is 1. The third-order valence-electron chi connectivity index (χ3n) is 9.59. The molecule has 0 saturated carbocycles. The van der Waals surface area contributed by atoms with Gasteiger partial charge in [-0.25, -0.2) is 9.78 Å². The van der Waals surface area contributed by atoms with E-state index >= 15 is 0 Å². The summed E-state index contributed by atoms with van der Waals surface area (Å²) >= 11 is 7.84. The number of hydrogen-bond acceptors (Lipinski definition) is 7. The van der Waals surface area contributed by atoms with Crippen LogP contribution in [0.25, 0.3) is 0 Å². The van der Waals surface area contributed by atoms with E-state index in [1.165, 1.54) is 6.07 Å². The first-order chi connectivity index (χ1) is 22.1. The predicted octanol–water partition coefficient (Wildman–Crippen LogP) is 6.32. The van der Waals surface area contributed by atoms with E-state index in [0.29, 0.717) is 18.5 Å². The first kappa shape index (κ1) is 32.9. The van der Waals surface area contributed by atoms with Gasteiger partial charge in [0.05, 0.1) is 16.3 Å². The Labute approximate surface area is 277 Å². The van der Waals surface area contributed by atoms with E-state index in [-0.39, 0.29) is 23.0 Å². The summed E-state index contributed by atoms with van der Waals surface area (Å²) in [6.45, 7) is 7.60. The molecule has 2 amide bonds. The molecule has 13 heteroatoms. The lowest BCUT2D eigenvalue weighted by molar-refractivity contribution is -0.137. The topological polar surface area (TPSA) is 81.0 Å². The normalized spacial score (nSPS) is 19.5. The number of fused-ring (bicyclic) bond motifs is 1. The fourth-order valence-corrected chi connectivity index (χ4v) is 7.97. The molecule has 2 fully saturated rings. The Balaban J connectivity index is 1.07. The maximum absolute atomic E-state index is 13.8. The molecule has 3 aliphatic heterocycles. The number of aromatic nitrogens is 1. The summed E-state index contributed by atoms with van der Waals surface area (Å²) < 4.78 is 41.3. The Hall–Kier alpha value is -3.06. The number of nitrogens with one attached hydrogen (secondary N) is 1. The Morgan fingerprint density at radius 1 is 1.04 bits per heavy atom. The standard InChI is InChI=1S/C33H41ClF3N7OS/c34-28-21-24(20-27(30(28)38)33(35,36)37)19-23(22-42-14-16-43(17-15-42)32-39-9-18-46-32)5-10-41-11-7-26(8-12-41)44-13-6-25-3-1-2-4-29(25)40-31(44)45/h1-4,9,18,20-21,23,26H,5-8,10-17,19,22,38H2,(H,40,45)/t23-/m1/s1. The van der Waals surface area contributed by atoms with Crippen LogP contribution in [-0.2, 0) is 19.0 Å². The number of para-hydroxylation sites is 1. The van der Waals surface area contributed by atoms with Gasteiger partial charge in [0.1, 0.15) is 0 Å². The van der Waals surface area contributed by atoms with E-state index in [1.54, 1.807) is 17.4 Å². The minimum Gasteiger partial charge on any atom is -0.397 e. The number of rotatable bonds is 9. The first-order valence-corrected chi connectivity index (χ1v) is 17.3. The predicted molar refractivity (Wildman–Crippen MR) is 179 cm³/mol. The van der Waals surface area contributed by atoms with E-state index < -0.39 is 17.4 Å². The number of hydrogen-bond donors (Lipinski definition) is 2. The molecular weight excluding hydrogens is 635 g/mol. The van der Waals surface area contributed by atoms with E-state index in [9.17, 15) is 18.0 Å². The third-order valence-corrected chi connectivity index (χ3v) is 10.7. The number of alkyl halides is 3. The molecule has 2 saturated heterocycles. The summed E-state index contributed by atoms with van der Waals surface area (Å²) in [6.07, 6.45) is 1.22. The molecule has 8 nitrogen and oxygen atoms in total. The Morgan fingerprint density at radius 3 is 2.52 bits per heavy atom. The number of amides is 2. The van der Waals surface area contributed by atoms with Gasteiger partial charge in [0.25, 0.3) is 0 Å².